The first-order valence-corrected chi connectivity index (χ1v) is 13.4. The van der Waals surface area contributed by atoms with E-state index in [0.29, 0.717) is 11.7 Å². The van der Waals surface area contributed by atoms with Crippen molar-refractivity contribution in [3.63, 3.8) is 0 Å². The molecule has 0 aromatic heterocycles. The summed E-state index contributed by atoms with van der Waals surface area (Å²) in [7, 11) is 0. The number of benzene rings is 2. The smallest absolute Gasteiger partial charge is 0.135 e. The molecule has 194 valence electrons. The van der Waals surface area contributed by atoms with Gasteiger partial charge >= 0.3 is 0 Å². The first kappa shape index (κ1) is 34.3. The molecule has 34 heavy (non-hydrogen) atoms. The van der Waals surface area contributed by atoms with Gasteiger partial charge in [0, 0.05) is 5.41 Å². The van der Waals surface area contributed by atoms with Gasteiger partial charge < -0.3 is 0 Å². The predicted molar refractivity (Wildman–Crippen MR) is 155 cm³/mol. The Balaban J connectivity index is 0. The van der Waals surface area contributed by atoms with Crippen LogP contribution in [0.1, 0.15) is 131 Å². The minimum atomic E-state index is -0.0885. The van der Waals surface area contributed by atoms with Crippen molar-refractivity contribution in [3.05, 3.63) is 70.8 Å². The fourth-order valence-corrected chi connectivity index (χ4v) is 3.21. The number of rotatable bonds is 6. The van der Waals surface area contributed by atoms with Crippen LogP contribution in [0.2, 0.25) is 0 Å². The topological polar surface area (TPSA) is 17.1 Å². The highest BCUT2D eigenvalue weighted by Gasteiger charge is 2.21. The first-order chi connectivity index (χ1) is 15.7. The highest BCUT2D eigenvalue weighted by Crippen LogP contribution is 2.24. The summed E-state index contributed by atoms with van der Waals surface area (Å²) in [4.78, 5) is 10.9. The molecule has 0 unspecified atom stereocenters. The van der Waals surface area contributed by atoms with Crippen LogP contribution in [0, 0.1) is 12.3 Å². The Morgan fingerprint density at radius 2 is 1.26 bits per heavy atom. The Bertz CT molecular complexity index is 756. The van der Waals surface area contributed by atoms with Crippen molar-refractivity contribution in [2.45, 2.75) is 127 Å². The number of ketones is 1. The van der Waals surface area contributed by atoms with Gasteiger partial charge in [0.15, 0.2) is 0 Å². The van der Waals surface area contributed by atoms with Crippen LogP contribution in [0.4, 0.5) is 0 Å². The maximum absolute atomic E-state index is 10.9. The summed E-state index contributed by atoms with van der Waals surface area (Å²) in [6.45, 7) is 27.3. The molecule has 0 aliphatic rings. The Morgan fingerprint density at radius 1 is 0.794 bits per heavy atom. The molecule has 0 saturated carbocycles. The van der Waals surface area contributed by atoms with E-state index in [2.05, 4.69) is 104 Å². The summed E-state index contributed by atoms with van der Waals surface area (Å²) in [6, 6.07) is 17.7. The van der Waals surface area contributed by atoms with E-state index in [9.17, 15) is 4.79 Å². The standard InChI is InChI=1S/C13H20.C10H14.C8H16O.C2H6/c1-10(2)11-6-8-12(9-7-11)13(3,4)5;1-3-4-10-7-5-9(2)6-8-10;1-5-6-8(3,4)7(2)9;1-2/h6-10H,1-5H3;5-8H,3-4H2,1-2H3;5-6H2,1-4H3;1-2H3. The van der Waals surface area contributed by atoms with Crippen molar-refractivity contribution >= 4 is 5.78 Å². The molecule has 0 saturated heterocycles. The SMILES string of the molecule is CC.CC(C)c1ccc(C(C)(C)C)cc1.CCCC(C)(C)C(C)=O.CCCc1ccc(C)cc1. The molecule has 2 rings (SSSR count). The Kier molecular flexibility index (Phi) is 17.7. The van der Waals surface area contributed by atoms with E-state index in [1.54, 1.807) is 6.92 Å². The van der Waals surface area contributed by atoms with Crippen molar-refractivity contribution in [2.75, 3.05) is 0 Å². The zero-order valence-electron chi connectivity index (χ0n) is 24.9. The number of aryl methyl sites for hydroxylation is 2. The average molecular weight is 469 g/mol. The van der Waals surface area contributed by atoms with E-state index in [0.717, 1.165) is 12.8 Å². The molecule has 1 heteroatoms. The molecule has 0 aliphatic heterocycles. The molecule has 2 aromatic rings. The third-order valence-corrected chi connectivity index (χ3v) is 5.93. The average Bonchev–Trinajstić information content (AvgIpc) is 2.77. The number of carbonyl (C=O) groups excluding carboxylic acids is 1. The maximum Gasteiger partial charge on any atom is 0.135 e. The molecule has 0 atom stereocenters. The molecule has 0 aliphatic carbocycles. The van der Waals surface area contributed by atoms with Crippen LogP contribution in [-0.2, 0) is 16.6 Å². The van der Waals surface area contributed by atoms with Gasteiger partial charge in [0.1, 0.15) is 5.78 Å². The van der Waals surface area contributed by atoms with E-state index in [4.69, 9.17) is 0 Å². The zero-order chi connectivity index (χ0) is 26.9. The Hall–Kier alpha value is -1.89. The van der Waals surface area contributed by atoms with Gasteiger partial charge in [-0.25, -0.2) is 0 Å². The molecule has 0 spiro atoms. The number of hydrogen-bond donors (Lipinski definition) is 0. The van der Waals surface area contributed by atoms with Crippen LogP contribution in [-0.4, -0.2) is 5.78 Å². The van der Waals surface area contributed by atoms with E-state index in [1.165, 1.54) is 35.1 Å². The lowest BCUT2D eigenvalue weighted by Crippen LogP contribution is -2.20. The monoisotopic (exact) mass is 468 g/mol. The van der Waals surface area contributed by atoms with E-state index >= 15 is 0 Å². The van der Waals surface area contributed by atoms with E-state index < -0.39 is 0 Å². The molecule has 0 heterocycles. The van der Waals surface area contributed by atoms with Crippen molar-refractivity contribution < 1.29 is 4.79 Å². The van der Waals surface area contributed by atoms with Gasteiger partial charge in [-0.2, -0.15) is 0 Å². The van der Waals surface area contributed by atoms with Crippen molar-refractivity contribution in [3.8, 4) is 0 Å². The second kappa shape index (κ2) is 17.5. The maximum atomic E-state index is 10.9. The highest BCUT2D eigenvalue weighted by atomic mass is 16.1. The summed E-state index contributed by atoms with van der Waals surface area (Å²) >= 11 is 0. The molecular formula is C33H56O. The number of Topliss-reactive ketones (excluding diaryl/α,β-unsaturated/α-hetero) is 1. The Labute approximate surface area is 213 Å². The van der Waals surface area contributed by atoms with Gasteiger partial charge in [0.25, 0.3) is 0 Å². The van der Waals surface area contributed by atoms with Crippen LogP contribution in [0.15, 0.2) is 48.5 Å². The van der Waals surface area contributed by atoms with Gasteiger partial charge in [0.05, 0.1) is 0 Å². The quantitative estimate of drug-likeness (QED) is 0.412. The van der Waals surface area contributed by atoms with Crippen LogP contribution in [0.25, 0.3) is 0 Å². The van der Waals surface area contributed by atoms with Gasteiger partial charge in [-0.05, 0) is 54.7 Å². The van der Waals surface area contributed by atoms with E-state index in [-0.39, 0.29) is 10.8 Å². The zero-order valence-corrected chi connectivity index (χ0v) is 24.9. The van der Waals surface area contributed by atoms with Crippen LogP contribution < -0.4 is 0 Å². The summed E-state index contributed by atoms with van der Waals surface area (Å²) < 4.78 is 0. The van der Waals surface area contributed by atoms with Gasteiger partial charge in [-0.3, -0.25) is 4.79 Å². The summed E-state index contributed by atoms with van der Waals surface area (Å²) in [5, 5.41) is 0. The van der Waals surface area contributed by atoms with Crippen molar-refractivity contribution in [2.24, 2.45) is 5.41 Å². The summed E-state index contributed by atoms with van der Waals surface area (Å²) in [6.07, 6.45) is 4.54. The normalized spacial score (nSPS) is 10.8. The molecule has 0 N–H and O–H groups in total. The molecule has 0 bridgehead atoms. The van der Waals surface area contributed by atoms with E-state index in [1.807, 2.05) is 27.7 Å². The lowest BCUT2D eigenvalue weighted by molar-refractivity contribution is -0.125. The van der Waals surface area contributed by atoms with Gasteiger partial charge in [0.2, 0.25) is 0 Å². The van der Waals surface area contributed by atoms with Crippen LogP contribution in [0.3, 0.4) is 0 Å². The minimum absolute atomic E-state index is 0.0885. The first-order valence-electron chi connectivity index (χ1n) is 13.4. The molecule has 0 radical (unpaired) electrons. The van der Waals surface area contributed by atoms with Crippen LogP contribution in [0.5, 0.6) is 0 Å². The molecule has 0 fully saturated rings. The summed E-state index contributed by atoms with van der Waals surface area (Å²) in [5.41, 5.74) is 5.82. The fraction of sp³-hybridized carbons (Fsp3) is 0.606. The molecule has 0 amide bonds. The summed E-state index contributed by atoms with van der Waals surface area (Å²) in [5.74, 6) is 0.929. The molecular weight excluding hydrogens is 412 g/mol. The van der Waals surface area contributed by atoms with Crippen LogP contribution >= 0.6 is 0 Å². The minimum Gasteiger partial charge on any atom is -0.299 e. The predicted octanol–water partition coefficient (Wildman–Crippen LogP) is 10.5. The lowest BCUT2D eigenvalue weighted by atomic mass is 9.84. The fourth-order valence-electron chi connectivity index (χ4n) is 3.21. The second-order valence-corrected chi connectivity index (χ2v) is 11.0. The van der Waals surface area contributed by atoms with Crippen molar-refractivity contribution in [1.82, 2.24) is 0 Å². The third kappa shape index (κ3) is 15.1. The third-order valence-electron chi connectivity index (χ3n) is 5.93. The number of carbonyl (C=O) groups is 1. The lowest BCUT2D eigenvalue weighted by Gasteiger charge is -2.19. The largest absolute Gasteiger partial charge is 0.299 e. The molecule has 2 aromatic carbocycles. The number of hydrogen-bond acceptors (Lipinski definition) is 1. The van der Waals surface area contributed by atoms with Gasteiger partial charge in [-0.15, -0.1) is 0 Å². The second-order valence-electron chi connectivity index (χ2n) is 11.0. The van der Waals surface area contributed by atoms with Gasteiger partial charge in [-0.1, -0.05) is 143 Å². The molecule has 1 nitrogen and oxygen atoms in total. The highest BCUT2D eigenvalue weighted by molar-refractivity contribution is 5.81. The Morgan fingerprint density at radius 3 is 1.56 bits per heavy atom. The van der Waals surface area contributed by atoms with Crippen molar-refractivity contribution in [1.29, 1.82) is 0 Å².